The van der Waals surface area contributed by atoms with E-state index in [0.29, 0.717) is 22.5 Å². The minimum absolute atomic E-state index is 0.131. The number of rotatable bonds is 4. The van der Waals surface area contributed by atoms with Crippen molar-refractivity contribution in [2.75, 3.05) is 16.3 Å². The van der Waals surface area contributed by atoms with E-state index in [4.69, 9.17) is 4.74 Å². The summed E-state index contributed by atoms with van der Waals surface area (Å²) in [5.41, 5.74) is 2.46. The van der Waals surface area contributed by atoms with Crippen molar-refractivity contribution in [2.24, 2.45) is 0 Å². The van der Waals surface area contributed by atoms with Crippen molar-refractivity contribution >= 4 is 23.4 Å². The van der Waals surface area contributed by atoms with Crippen LogP contribution >= 0.6 is 0 Å². The molecule has 1 aliphatic heterocycles. The molecule has 0 spiro atoms. The summed E-state index contributed by atoms with van der Waals surface area (Å²) in [4.78, 5) is 28.0. The minimum atomic E-state index is -2.50. The lowest BCUT2D eigenvalue weighted by Crippen LogP contribution is -2.51. The van der Waals surface area contributed by atoms with Crippen LogP contribution < -0.4 is 9.80 Å². The first-order valence-corrected chi connectivity index (χ1v) is 9.40. The molecule has 0 N–H and O–H groups in total. The van der Waals surface area contributed by atoms with Gasteiger partial charge in [-0.2, -0.15) is 5.10 Å². The number of nitrogens with zero attached hydrogens (tertiary/aromatic N) is 4. The molecule has 2 aromatic rings. The van der Waals surface area contributed by atoms with Gasteiger partial charge in [0.15, 0.2) is 0 Å². The number of alkyl halides is 2. The predicted octanol–water partition coefficient (Wildman–Crippen LogP) is 3.92. The average molecular weight is 406 g/mol. The van der Waals surface area contributed by atoms with Crippen LogP contribution in [0.25, 0.3) is 11.1 Å². The van der Waals surface area contributed by atoms with Crippen molar-refractivity contribution in [1.29, 1.82) is 0 Å². The summed E-state index contributed by atoms with van der Waals surface area (Å²) < 4.78 is 31.7. The maximum absolute atomic E-state index is 12.7. The topological polar surface area (TPSA) is 67.7 Å². The summed E-state index contributed by atoms with van der Waals surface area (Å²) >= 11 is 0. The third kappa shape index (κ3) is 4.38. The summed E-state index contributed by atoms with van der Waals surface area (Å²) in [5, 5.41) is 3.96. The molecule has 0 fully saturated rings. The highest BCUT2D eigenvalue weighted by molar-refractivity contribution is 6.03. The third-order valence-corrected chi connectivity index (χ3v) is 4.60. The lowest BCUT2D eigenvalue weighted by Gasteiger charge is -2.40. The van der Waals surface area contributed by atoms with Crippen LogP contribution in [0.1, 0.15) is 27.7 Å². The molecule has 1 unspecified atom stereocenters. The zero-order chi connectivity index (χ0) is 21.3. The molecule has 29 heavy (non-hydrogen) atoms. The largest absolute Gasteiger partial charge is 0.446 e. The van der Waals surface area contributed by atoms with Gasteiger partial charge in [0.25, 0.3) is 6.43 Å². The lowest BCUT2D eigenvalue weighted by atomic mass is 10.0. The summed E-state index contributed by atoms with van der Waals surface area (Å²) in [5.74, 6) is -0.131. The molecular weight excluding hydrogens is 382 g/mol. The number of hydrogen-bond acceptors (Lipinski definition) is 4. The molecule has 0 aliphatic carbocycles. The third-order valence-electron chi connectivity index (χ3n) is 4.60. The Morgan fingerprint density at radius 3 is 2.59 bits per heavy atom. The second kappa shape index (κ2) is 8.18. The number of halogens is 2. The van der Waals surface area contributed by atoms with Crippen LogP contribution in [0.3, 0.4) is 0 Å². The number of ether oxygens (including phenoxy) is 1. The number of hydrogen-bond donors (Lipinski definition) is 0. The fourth-order valence-electron chi connectivity index (χ4n) is 3.48. The van der Waals surface area contributed by atoms with Crippen molar-refractivity contribution in [3.8, 4) is 11.1 Å². The van der Waals surface area contributed by atoms with Gasteiger partial charge in [-0.25, -0.2) is 13.6 Å². The van der Waals surface area contributed by atoms with Crippen molar-refractivity contribution < 1.29 is 23.1 Å². The molecule has 156 valence electrons. The molecule has 1 aliphatic rings. The van der Waals surface area contributed by atoms with Gasteiger partial charge in [0.1, 0.15) is 6.54 Å². The maximum atomic E-state index is 12.7. The SMILES string of the molecule is CC(=O)N1c2ccc(-c3cnn(CC(F)F)c3)cc2N(C(=O)OC(C)C)CC1C. The molecule has 0 saturated carbocycles. The normalized spacial score (nSPS) is 16.3. The van der Waals surface area contributed by atoms with Crippen LogP contribution in [0.15, 0.2) is 30.6 Å². The Balaban J connectivity index is 2.03. The van der Waals surface area contributed by atoms with E-state index in [2.05, 4.69) is 5.10 Å². The molecule has 2 amide bonds. The Bertz CT molecular complexity index is 913. The number of aromatic nitrogens is 2. The lowest BCUT2D eigenvalue weighted by molar-refractivity contribution is -0.117. The maximum Gasteiger partial charge on any atom is 0.414 e. The number of anilines is 2. The summed E-state index contributed by atoms with van der Waals surface area (Å²) in [6.45, 7) is 6.66. The van der Waals surface area contributed by atoms with Gasteiger partial charge in [-0.3, -0.25) is 14.4 Å². The van der Waals surface area contributed by atoms with Gasteiger partial charge in [-0.05, 0) is 38.5 Å². The van der Waals surface area contributed by atoms with Gasteiger partial charge in [-0.15, -0.1) is 0 Å². The van der Waals surface area contributed by atoms with E-state index in [-0.39, 0.29) is 24.6 Å². The number of carbonyl (C=O) groups is 2. The van der Waals surface area contributed by atoms with Crippen LogP contribution in [0.5, 0.6) is 0 Å². The first kappa shape index (κ1) is 20.8. The van der Waals surface area contributed by atoms with Gasteiger partial charge in [0.05, 0.1) is 29.7 Å². The van der Waals surface area contributed by atoms with E-state index >= 15 is 0 Å². The van der Waals surface area contributed by atoms with Crippen LogP contribution in [-0.4, -0.2) is 46.9 Å². The highest BCUT2D eigenvalue weighted by Gasteiger charge is 2.34. The van der Waals surface area contributed by atoms with Crippen LogP contribution in [0.2, 0.25) is 0 Å². The van der Waals surface area contributed by atoms with Crippen LogP contribution in [0.4, 0.5) is 25.0 Å². The number of benzene rings is 1. The van der Waals surface area contributed by atoms with Crippen molar-refractivity contribution in [1.82, 2.24) is 9.78 Å². The quantitative estimate of drug-likeness (QED) is 0.772. The van der Waals surface area contributed by atoms with Crippen LogP contribution in [-0.2, 0) is 16.1 Å². The molecule has 9 heteroatoms. The van der Waals surface area contributed by atoms with Crippen LogP contribution in [0, 0.1) is 0 Å². The Kier molecular flexibility index (Phi) is 5.86. The van der Waals surface area contributed by atoms with Gasteiger partial charge >= 0.3 is 6.09 Å². The second-order valence-corrected chi connectivity index (χ2v) is 7.33. The van der Waals surface area contributed by atoms with Gasteiger partial charge in [0.2, 0.25) is 5.91 Å². The van der Waals surface area contributed by atoms with E-state index in [1.165, 1.54) is 28.9 Å². The zero-order valence-corrected chi connectivity index (χ0v) is 16.8. The molecule has 7 nitrogen and oxygen atoms in total. The molecule has 1 atom stereocenters. The van der Waals surface area contributed by atoms with E-state index in [1.807, 2.05) is 6.92 Å². The zero-order valence-electron chi connectivity index (χ0n) is 16.8. The standard InChI is InChI=1S/C20H24F2N4O3/c1-12(2)29-20(28)25-9-13(3)26(14(4)27)17-6-5-15(7-18(17)25)16-8-23-24(10-16)11-19(21)22/h5-8,10,12-13,19H,9,11H2,1-4H3. The summed E-state index contributed by atoms with van der Waals surface area (Å²) in [6.07, 6.45) is -0.267. The number of fused-ring (bicyclic) bond motifs is 1. The summed E-state index contributed by atoms with van der Waals surface area (Å²) in [7, 11) is 0. The Morgan fingerprint density at radius 2 is 1.97 bits per heavy atom. The molecule has 0 bridgehead atoms. The fraction of sp³-hybridized carbons (Fsp3) is 0.450. The smallest absolute Gasteiger partial charge is 0.414 e. The fourth-order valence-corrected chi connectivity index (χ4v) is 3.48. The molecule has 3 rings (SSSR count). The Labute approximate surface area is 167 Å². The molecule has 1 aromatic heterocycles. The molecular formula is C20H24F2N4O3. The van der Waals surface area contributed by atoms with E-state index in [9.17, 15) is 18.4 Å². The summed E-state index contributed by atoms with van der Waals surface area (Å²) in [6, 6.07) is 5.06. The van der Waals surface area contributed by atoms with Gasteiger partial charge in [0, 0.05) is 25.2 Å². The monoisotopic (exact) mass is 406 g/mol. The highest BCUT2D eigenvalue weighted by Crippen LogP contribution is 2.39. The van der Waals surface area contributed by atoms with Crippen molar-refractivity contribution in [2.45, 2.75) is 52.8 Å². The molecule has 1 aromatic carbocycles. The first-order chi connectivity index (χ1) is 13.7. The van der Waals surface area contributed by atoms with Crippen molar-refractivity contribution in [3.05, 3.63) is 30.6 Å². The first-order valence-electron chi connectivity index (χ1n) is 9.40. The number of amides is 2. The van der Waals surface area contributed by atoms with E-state index < -0.39 is 19.1 Å². The van der Waals surface area contributed by atoms with E-state index in [1.54, 1.807) is 36.9 Å². The highest BCUT2D eigenvalue weighted by atomic mass is 19.3. The van der Waals surface area contributed by atoms with E-state index in [0.717, 1.165) is 0 Å². The average Bonchev–Trinajstić information content (AvgIpc) is 3.07. The Hall–Kier alpha value is -2.97. The van der Waals surface area contributed by atoms with Gasteiger partial charge < -0.3 is 9.64 Å². The van der Waals surface area contributed by atoms with Crippen molar-refractivity contribution in [3.63, 3.8) is 0 Å². The molecule has 2 heterocycles. The minimum Gasteiger partial charge on any atom is -0.446 e. The predicted molar refractivity (Wildman–Crippen MR) is 105 cm³/mol. The second-order valence-electron chi connectivity index (χ2n) is 7.33. The number of carbonyl (C=O) groups excluding carboxylic acids is 2. The van der Waals surface area contributed by atoms with Gasteiger partial charge in [-0.1, -0.05) is 6.07 Å². The molecule has 0 saturated heterocycles. The Morgan fingerprint density at radius 1 is 1.24 bits per heavy atom. The molecule has 0 radical (unpaired) electrons.